The van der Waals surface area contributed by atoms with E-state index in [0.29, 0.717) is 29.4 Å². The number of carbonyl (C=O) groups excluding carboxylic acids is 1. The molecule has 0 spiro atoms. The van der Waals surface area contributed by atoms with Crippen LogP contribution in [0.2, 0.25) is 5.02 Å². The second kappa shape index (κ2) is 7.88. The van der Waals surface area contributed by atoms with Crippen molar-refractivity contribution >= 4 is 23.2 Å². The highest BCUT2D eigenvalue weighted by Crippen LogP contribution is 2.32. The average molecular weight is 334 g/mol. The smallest absolute Gasteiger partial charge is 0.224 e. The molecule has 0 heterocycles. The van der Waals surface area contributed by atoms with Crippen LogP contribution >= 0.6 is 11.6 Å². The van der Waals surface area contributed by atoms with Crippen molar-refractivity contribution in [3.8, 4) is 11.5 Å². The van der Waals surface area contributed by atoms with E-state index in [1.807, 2.05) is 37.3 Å². The second-order valence-corrected chi connectivity index (χ2v) is 5.63. The van der Waals surface area contributed by atoms with Gasteiger partial charge in [-0.25, -0.2) is 0 Å². The predicted octanol–water partition coefficient (Wildman–Crippen LogP) is 4.24. The molecule has 4 nitrogen and oxygen atoms in total. The topological polar surface area (TPSA) is 47.6 Å². The molecule has 0 atom stereocenters. The molecule has 5 heteroatoms. The van der Waals surface area contributed by atoms with Crippen LogP contribution in [0, 0.1) is 6.92 Å². The van der Waals surface area contributed by atoms with Crippen LogP contribution in [0.3, 0.4) is 0 Å². The fourth-order valence-electron chi connectivity index (χ4n) is 2.24. The van der Waals surface area contributed by atoms with Crippen molar-refractivity contribution in [2.75, 3.05) is 19.5 Å². The average Bonchev–Trinajstić information content (AvgIpc) is 2.55. The van der Waals surface area contributed by atoms with Gasteiger partial charge in [-0.05, 0) is 42.7 Å². The summed E-state index contributed by atoms with van der Waals surface area (Å²) >= 11 is 5.85. The first-order valence-electron chi connectivity index (χ1n) is 7.30. The normalized spacial score (nSPS) is 10.3. The van der Waals surface area contributed by atoms with Crippen molar-refractivity contribution in [2.24, 2.45) is 0 Å². The van der Waals surface area contributed by atoms with Gasteiger partial charge < -0.3 is 14.8 Å². The standard InChI is InChI=1S/C18H20ClNO3/c1-12-10-16(22-2)17(23-3)11-15(12)20-18(21)9-6-13-4-7-14(19)8-5-13/h4-5,7-8,10-11H,6,9H2,1-3H3,(H,20,21). The highest BCUT2D eigenvalue weighted by Gasteiger charge is 2.11. The zero-order chi connectivity index (χ0) is 16.8. The van der Waals surface area contributed by atoms with Gasteiger partial charge in [0, 0.05) is 23.2 Å². The van der Waals surface area contributed by atoms with E-state index in [4.69, 9.17) is 21.1 Å². The molecule has 23 heavy (non-hydrogen) atoms. The molecule has 2 aromatic rings. The first kappa shape index (κ1) is 17.2. The van der Waals surface area contributed by atoms with Gasteiger partial charge in [0.15, 0.2) is 11.5 Å². The van der Waals surface area contributed by atoms with E-state index in [-0.39, 0.29) is 5.91 Å². The van der Waals surface area contributed by atoms with Gasteiger partial charge in [0.05, 0.1) is 14.2 Å². The summed E-state index contributed by atoms with van der Waals surface area (Å²) in [6, 6.07) is 11.1. The van der Waals surface area contributed by atoms with Crippen molar-refractivity contribution in [1.82, 2.24) is 0 Å². The highest BCUT2D eigenvalue weighted by atomic mass is 35.5. The number of hydrogen-bond donors (Lipinski definition) is 1. The maximum atomic E-state index is 12.1. The monoisotopic (exact) mass is 333 g/mol. The van der Waals surface area contributed by atoms with Crippen molar-refractivity contribution in [3.05, 3.63) is 52.5 Å². The van der Waals surface area contributed by atoms with Crippen molar-refractivity contribution in [1.29, 1.82) is 0 Å². The molecule has 2 rings (SSSR count). The number of aryl methyl sites for hydroxylation is 2. The molecular formula is C18H20ClNO3. The number of anilines is 1. The fraction of sp³-hybridized carbons (Fsp3) is 0.278. The number of carbonyl (C=O) groups is 1. The third-order valence-electron chi connectivity index (χ3n) is 3.56. The molecule has 0 aliphatic carbocycles. The molecule has 1 amide bonds. The van der Waals surface area contributed by atoms with E-state index in [1.54, 1.807) is 20.3 Å². The maximum absolute atomic E-state index is 12.1. The van der Waals surface area contributed by atoms with Crippen LogP contribution in [0.5, 0.6) is 11.5 Å². The van der Waals surface area contributed by atoms with E-state index in [1.165, 1.54) is 0 Å². The maximum Gasteiger partial charge on any atom is 0.224 e. The lowest BCUT2D eigenvalue weighted by Crippen LogP contribution is -2.13. The van der Waals surface area contributed by atoms with Gasteiger partial charge >= 0.3 is 0 Å². The molecule has 122 valence electrons. The van der Waals surface area contributed by atoms with Gasteiger partial charge in [-0.15, -0.1) is 0 Å². The third kappa shape index (κ3) is 4.63. The van der Waals surface area contributed by atoms with Crippen molar-refractivity contribution in [2.45, 2.75) is 19.8 Å². The van der Waals surface area contributed by atoms with Crippen LogP contribution in [0.15, 0.2) is 36.4 Å². The van der Waals surface area contributed by atoms with Crippen LogP contribution in [-0.4, -0.2) is 20.1 Å². The molecule has 0 aliphatic rings. The quantitative estimate of drug-likeness (QED) is 0.860. The second-order valence-electron chi connectivity index (χ2n) is 5.20. The molecule has 0 aliphatic heterocycles. The summed E-state index contributed by atoms with van der Waals surface area (Å²) < 4.78 is 10.5. The molecule has 0 bridgehead atoms. The number of hydrogen-bond acceptors (Lipinski definition) is 3. The van der Waals surface area contributed by atoms with Gasteiger partial charge in [0.25, 0.3) is 0 Å². The molecule has 2 aromatic carbocycles. The molecule has 0 saturated heterocycles. The van der Waals surface area contributed by atoms with E-state index in [2.05, 4.69) is 5.32 Å². The lowest BCUT2D eigenvalue weighted by molar-refractivity contribution is -0.116. The molecule has 0 saturated carbocycles. The number of rotatable bonds is 6. The number of amides is 1. The number of halogens is 1. The minimum Gasteiger partial charge on any atom is -0.493 e. The Morgan fingerprint density at radius 2 is 1.70 bits per heavy atom. The Bertz CT molecular complexity index is 683. The molecule has 0 aromatic heterocycles. The molecular weight excluding hydrogens is 314 g/mol. The lowest BCUT2D eigenvalue weighted by Gasteiger charge is -2.13. The molecule has 1 N–H and O–H groups in total. The Labute approximate surface area is 141 Å². The van der Waals surface area contributed by atoms with E-state index < -0.39 is 0 Å². The fourth-order valence-corrected chi connectivity index (χ4v) is 2.36. The first-order valence-corrected chi connectivity index (χ1v) is 7.68. The lowest BCUT2D eigenvalue weighted by atomic mass is 10.1. The Morgan fingerprint density at radius 3 is 2.30 bits per heavy atom. The van der Waals surface area contributed by atoms with Gasteiger partial charge in [0.1, 0.15) is 0 Å². The van der Waals surface area contributed by atoms with Crippen LogP contribution in [0.25, 0.3) is 0 Å². The number of methoxy groups -OCH3 is 2. The van der Waals surface area contributed by atoms with E-state index in [0.717, 1.165) is 16.8 Å². The summed E-state index contributed by atoms with van der Waals surface area (Å²) in [7, 11) is 3.15. The third-order valence-corrected chi connectivity index (χ3v) is 3.81. The highest BCUT2D eigenvalue weighted by molar-refractivity contribution is 6.30. The summed E-state index contributed by atoms with van der Waals surface area (Å²) in [5.41, 5.74) is 2.72. The summed E-state index contributed by atoms with van der Waals surface area (Å²) in [5.74, 6) is 1.19. The zero-order valence-electron chi connectivity index (χ0n) is 13.5. The number of benzene rings is 2. The summed E-state index contributed by atoms with van der Waals surface area (Å²) in [4.78, 5) is 12.1. The van der Waals surface area contributed by atoms with Crippen LogP contribution in [-0.2, 0) is 11.2 Å². The zero-order valence-corrected chi connectivity index (χ0v) is 14.2. The predicted molar refractivity (Wildman–Crippen MR) is 92.7 cm³/mol. The Morgan fingerprint density at radius 1 is 1.09 bits per heavy atom. The summed E-state index contributed by atoms with van der Waals surface area (Å²) in [5, 5.41) is 3.61. The Kier molecular flexibility index (Phi) is 5.88. The first-order chi connectivity index (χ1) is 11.0. The number of ether oxygens (including phenoxy) is 2. The van der Waals surface area contributed by atoms with E-state index in [9.17, 15) is 4.79 Å². The Balaban J connectivity index is 2.01. The minimum absolute atomic E-state index is 0.0460. The summed E-state index contributed by atoms with van der Waals surface area (Å²) in [6.45, 7) is 1.91. The van der Waals surface area contributed by atoms with Gasteiger partial charge in [0.2, 0.25) is 5.91 Å². The van der Waals surface area contributed by atoms with Crippen LogP contribution in [0.1, 0.15) is 17.5 Å². The van der Waals surface area contributed by atoms with Crippen molar-refractivity contribution < 1.29 is 14.3 Å². The van der Waals surface area contributed by atoms with Crippen molar-refractivity contribution in [3.63, 3.8) is 0 Å². The van der Waals surface area contributed by atoms with Crippen LogP contribution in [0.4, 0.5) is 5.69 Å². The largest absolute Gasteiger partial charge is 0.493 e. The summed E-state index contributed by atoms with van der Waals surface area (Å²) in [6.07, 6.45) is 1.06. The van der Waals surface area contributed by atoms with Gasteiger partial charge in [-0.3, -0.25) is 4.79 Å². The van der Waals surface area contributed by atoms with Crippen LogP contribution < -0.4 is 14.8 Å². The molecule has 0 radical (unpaired) electrons. The van der Waals surface area contributed by atoms with Gasteiger partial charge in [-0.1, -0.05) is 23.7 Å². The minimum atomic E-state index is -0.0460. The van der Waals surface area contributed by atoms with E-state index >= 15 is 0 Å². The molecule has 0 fully saturated rings. The SMILES string of the molecule is COc1cc(C)c(NC(=O)CCc2ccc(Cl)cc2)cc1OC. The Hall–Kier alpha value is -2.20. The number of nitrogens with one attached hydrogen (secondary N) is 1. The molecule has 0 unspecified atom stereocenters. The van der Waals surface area contributed by atoms with Gasteiger partial charge in [-0.2, -0.15) is 0 Å².